The molecule has 0 spiro atoms. The van der Waals surface area contributed by atoms with Gasteiger partial charge in [0.2, 0.25) is 0 Å². The zero-order valence-electron chi connectivity index (χ0n) is 4.08. The van der Waals surface area contributed by atoms with Gasteiger partial charge in [-0.15, -0.1) is 0 Å². The number of hydrogen-bond acceptors (Lipinski definition) is 0. The Hall–Kier alpha value is 0.103. The molecule has 40 valence electrons. The fourth-order valence-corrected chi connectivity index (χ4v) is 0.542. The molecule has 0 saturated carbocycles. The minimum atomic E-state index is 0. The smallest absolute Gasteiger partial charge is 0 e. The predicted molar refractivity (Wildman–Crippen MR) is 27.5 cm³/mol. The maximum Gasteiger partial charge on any atom is 0 e. The van der Waals surface area contributed by atoms with Crippen molar-refractivity contribution in [3.63, 3.8) is 0 Å². The summed E-state index contributed by atoms with van der Waals surface area (Å²) in [5.74, 6) is 0. The van der Waals surface area contributed by atoms with Crippen LogP contribution in [0.2, 0.25) is 0 Å². The summed E-state index contributed by atoms with van der Waals surface area (Å²) in [5, 5.41) is 0. The Kier molecular flexibility index (Phi) is 4.33. The number of hydrogen-bond donors (Lipinski definition) is 0. The first-order valence-corrected chi connectivity index (χ1v) is 2.32. The fourth-order valence-electron chi connectivity index (χ4n) is 0.542. The Morgan fingerprint density at radius 1 is 0.857 bits per heavy atom. The van der Waals surface area contributed by atoms with Gasteiger partial charge in [-0.1, -0.05) is 24.3 Å². The second-order valence-corrected chi connectivity index (χ2v) is 1.43. The SMILES string of the molecule is C1=CCCC=C1.[Ru]. The van der Waals surface area contributed by atoms with Gasteiger partial charge in [-0.3, -0.25) is 0 Å². The maximum absolute atomic E-state index is 2.18. The van der Waals surface area contributed by atoms with Crippen LogP contribution in [0.5, 0.6) is 0 Å². The molecule has 0 aliphatic heterocycles. The molecule has 7 heavy (non-hydrogen) atoms. The van der Waals surface area contributed by atoms with Crippen LogP contribution in [-0.4, -0.2) is 0 Å². The molecule has 0 unspecified atom stereocenters. The summed E-state index contributed by atoms with van der Waals surface area (Å²) in [5.41, 5.74) is 0. The summed E-state index contributed by atoms with van der Waals surface area (Å²) in [7, 11) is 0. The zero-order chi connectivity index (χ0) is 4.24. The second kappa shape index (κ2) is 4.27. The van der Waals surface area contributed by atoms with Crippen molar-refractivity contribution in [2.75, 3.05) is 0 Å². The van der Waals surface area contributed by atoms with E-state index in [1.165, 1.54) is 12.8 Å². The van der Waals surface area contributed by atoms with Crippen molar-refractivity contribution in [2.45, 2.75) is 12.8 Å². The molecule has 0 amide bonds. The van der Waals surface area contributed by atoms with Crippen LogP contribution >= 0.6 is 0 Å². The van der Waals surface area contributed by atoms with Gasteiger partial charge in [0.05, 0.1) is 0 Å². The molecule has 1 rings (SSSR count). The number of rotatable bonds is 0. The topological polar surface area (TPSA) is 0 Å². The van der Waals surface area contributed by atoms with E-state index in [2.05, 4.69) is 24.3 Å². The third kappa shape index (κ3) is 2.76. The van der Waals surface area contributed by atoms with Crippen LogP contribution in [0.3, 0.4) is 0 Å². The van der Waals surface area contributed by atoms with Gasteiger partial charge in [0.25, 0.3) is 0 Å². The number of allylic oxidation sites excluding steroid dienone is 4. The molecule has 0 bridgehead atoms. The van der Waals surface area contributed by atoms with Crippen LogP contribution in [0.25, 0.3) is 0 Å². The molecule has 0 heterocycles. The van der Waals surface area contributed by atoms with E-state index in [9.17, 15) is 0 Å². The molecule has 0 fully saturated rings. The Balaban J connectivity index is 0.000000360. The first-order chi connectivity index (χ1) is 3.00. The van der Waals surface area contributed by atoms with E-state index in [1.807, 2.05) is 0 Å². The Morgan fingerprint density at radius 2 is 1.29 bits per heavy atom. The van der Waals surface area contributed by atoms with Gasteiger partial charge in [-0.25, -0.2) is 0 Å². The molecule has 0 saturated heterocycles. The van der Waals surface area contributed by atoms with Crippen molar-refractivity contribution in [1.29, 1.82) is 0 Å². The van der Waals surface area contributed by atoms with E-state index < -0.39 is 0 Å². The molecule has 0 aromatic carbocycles. The van der Waals surface area contributed by atoms with E-state index in [1.54, 1.807) is 0 Å². The molecule has 1 aliphatic rings. The first-order valence-electron chi connectivity index (χ1n) is 2.32. The van der Waals surface area contributed by atoms with E-state index in [4.69, 9.17) is 0 Å². The molecular weight excluding hydrogens is 173 g/mol. The van der Waals surface area contributed by atoms with Gasteiger partial charge >= 0.3 is 0 Å². The Morgan fingerprint density at radius 3 is 1.43 bits per heavy atom. The summed E-state index contributed by atoms with van der Waals surface area (Å²) in [6.45, 7) is 0. The van der Waals surface area contributed by atoms with E-state index in [0.717, 1.165) is 0 Å². The van der Waals surface area contributed by atoms with E-state index in [0.29, 0.717) is 0 Å². The van der Waals surface area contributed by atoms with Crippen molar-refractivity contribution in [3.8, 4) is 0 Å². The Bertz CT molecular complexity index is 70.2. The predicted octanol–water partition coefficient (Wildman–Crippen LogP) is 1.89. The van der Waals surface area contributed by atoms with Crippen LogP contribution in [0.15, 0.2) is 24.3 Å². The average molecular weight is 181 g/mol. The normalized spacial score (nSPS) is 16.0. The third-order valence-corrected chi connectivity index (χ3v) is 0.883. The molecule has 0 radical (unpaired) electrons. The van der Waals surface area contributed by atoms with Gasteiger partial charge in [0, 0.05) is 19.5 Å². The molecule has 0 N–H and O–H groups in total. The quantitative estimate of drug-likeness (QED) is 0.501. The monoisotopic (exact) mass is 182 g/mol. The summed E-state index contributed by atoms with van der Waals surface area (Å²) in [6.07, 6.45) is 11.0. The third-order valence-electron chi connectivity index (χ3n) is 0.883. The average Bonchev–Trinajstić information content (AvgIpc) is 1.72. The first kappa shape index (κ1) is 7.10. The van der Waals surface area contributed by atoms with Crippen molar-refractivity contribution < 1.29 is 19.5 Å². The molecule has 0 aromatic heterocycles. The molecule has 1 aliphatic carbocycles. The van der Waals surface area contributed by atoms with Gasteiger partial charge < -0.3 is 0 Å². The largest absolute Gasteiger partial charge is 0.0842 e. The van der Waals surface area contributed by atoms with Crippen molar-refractivity contribution in [1.82, 2.24) is 0 Å². The maximum atomic E-state index is 2.18. The van der Waals surface area contributed by atoms with Gasteiger partial charge in [-0.2, -0.15) is 0 Å². The van der Waals surface area contributed by atoms with Crippen LogP contribution < -0.4 is 0 Å². The van der Waals surface area contributed by atoms with Crippen LogP contribution in [0, 0.1) is 0 Å². The van der Waals surface area contributed by atoms with Crippen LogP contribution in [0.4, 0.5) is 0 Å². The zero-order valence-corrected chi connectivity index (χ0v) is 5.82. The summed E-state index contributed by atoms with van der Waals surface area (Å²) in [6, 6.07) is 0. The summed E-state index contributed by atoms with van der Waals surface area (Å²) in [4.78, 5) is 0. The van der Waals surface area contributed by atoms with Crippen molar-refractivity contribution >= 4 is 0 Å². The van der Waals surface area contributed by atoms with Crippen molar-refractivity contribution in [2.24, 2.45) is 0 Å². The molecule has 0 nitrogen and oxygen atoms in total. The second-order valence-electron chi connectivity index (χ2n) is 1.43. The van der Waals surface area contributed by atoms with Crippen LogP contribution in [0.1, 0.15) is 12.8 Å². The van der Waals surface area contributed by atoms with E-state index in [-0.39, 0.29) is 19.5 Å². The molecule has 0 atom stereocenters. The molecular formula is C6H8Ru. The Labute approximate surface area is 57.1 Å². The minimum Gasteiger partial charge on any atom is -0.0842 e. The summed E-state index contributed by atoms with van der Waals surface area (Å²) < 4.78 is 0. The van der Waals surface area contributed by atoms with Gasteiger partial charge in [0.15, 0.2) is 0 Å². The molecule has 1 heteroatoms. The van der Waals surface area contributed by atoms with Crippen LogP contribution in [-0.2, 0) is 19.5 Å². The van der Waals surface area contributed by atoms with Gasteiger partial charge in [-0.05, 0) is 12.8 Å². The van der Waals surface area contributed by atoms with Gasteiger partial charge in [0.1, 0.15) is 0 Å². The fraction of sp³-hybridized carbons (Fsp3) is 0.333. The van der Waals surface area contributed by atoms with Crippen molar-refractivity contribution in [3.05, 3.63) is 24.3 Å². The standard InChI is InChI=1S/C6H8.Ru/c1-2-4-6-5-3-1;/h1-4H,5-6H2;. The van der Waals surface area contributed by atoms with E-state index >= 15 is 0 Å². The summed E-state index contributed by atoms with van der Waals surface area (Å²) >= 11 is 0. The minimum absolute atomic E-state index is 0. The molecule has 0 aromatic rings.